The molecule has 0 radical (unpaired) electrons. The standard InChI is InChI=1S/C11H20N2O/c1-5-11(14,9(3)4)10-12-7-8-13(10)6-2/h7-9,14H,5-6H2,1-4H3. The highest BCUT2D eigenvalue weighted by molar-refractivity contribution is 5.06. The third-order valence-corrected chi connectivity index (χ3v) is 2.94. The molecule has 0 saturated heterocycles. The van der Waals surface area contributed by atoms with Crippen molar-refractivity contribution in [2.24, 2.45) is 5.92 Å². The van der Waals surface area contributed by atoms with Gasteiger partial charge in [0.15, 0.2) is 0 Å². The number of nitrogens with zero attached hydrogens (tertiary/aromatic N) is 2. The fourth-order valence-electron chi connectivity index (χ4n) is 1.77. The Morgan fingerprint density at radius 1 is 1.50 bits per heavy atom. The van der Waals surface area contributed by atoms with Crippen LogP contribution in [0.4, 0.5) is 0 Å². The summed E-state index contributed by atoms with van der Waals surface area (Å²) < 4.78 is 2.00. The highest BCUT2D eigenvalue weighted by Crippen LogP contribution is 2.31. The molecule has 1 aromatic heterocycles. The predicted molar refractivity (Wildman–Crippen MR) is 56.9 cm³/mol. The summed E-state index contributed by atoms with van der Waals surface area (Å²) in [5.74, 6) is 0.970. The average Bonchev–Trinajstić information content (AvgIpc) is 2.64. The normalized spacial score (nSPS) is 15.9. The molecule has 1 atom stereocenters. The zero-order valence-electron chi connectivity index (χ0n) is 9.49. The van der Waals surface area contributed by atoms with E-state index < -0.39 is 5.60 Å². The minimum Gasteiger partial charge on any atom is -0.382 e. The lowest BCUT2D eigenvalue weighted by Crippen LogP contribution is -2.34. The molecular weight excluding hydrogens is 176 g/mol. The molecule has 1 aromatic rings. The monoisotopic (exact) mass is 196 g/mol. The molecule has 0 aliphatic carbocycles. The van der Waals surface area contributed by atoms with Gasteiger partial charge in [0.05, 0.1) is 0 Å². The Kier molecular flexibility index (Phi) is 3.32. The Bertz CT molecular complexity index is 293. The van der Waals surface area contributed by atoms with E-state index >= 15 is 0 Å². The van der Waals surface area contributed by atoms with Crippen LogP contribution in [-0.4, -0.2) is 14.7 Å². The maximum absolute atomic E-state index is 10.5. The number of aryl methyl sites for hydroxylation is 1. The fraction of sp³-hybridized carbons (Fsp3) is 0.727. The van der Waals surface area contributed by atoms with Crippen LogP contribution in [0.1, 0.15) is 39.9 Å². The van der Waals surface area contributed by atoms with Gasteiger partial charge in [-0.1, -0.05) is 20.8 Å². The van der Waals surface area contributed by atoms with Crippen LogP contribution in [0.25, 0.3) is 0 Å². The van der Waals surface area contributed by atoms with E-state index in [2.05, 4.69) is 11.9 Å². The second-order valence-corrected chi connectivity index (χ2v) is 3.97. The van der Waals surface area contributed by atoms with E-state index in [-0.39, 0.29) is 5.92 Å². The quantitative estimate of drug-likeness (QED) is 0.801. The number of hydrogen-bond donors (Lipinski definition) is 1. The maximum Gasteiger partial charge on any atom is 0.141 e. The van der Waals surface area contributed by atoms with Crippen LogP contribution < -0.4 is 0 Å². The summed E-state index contributed by atoms with van der Waals surface area (Å²) in [5, 5.41) is 10.5. The molecule has 0 aliphatic heterocycles. The van der Waals surface area contributed by atoms with Crippen molar-refractivity contribution in [1.29, 1.82) is 0 Å². The summed E-state index contributed by atoms with van der Waals surface area (Å²) >= 11 is 0. The van der Waals surface area contributed by atoms with Gasteiger partial charge in [-0.3, -0.25) is 0 Å². The molecule has 0 bridgehead atoms. The molecule has 3 heteroatoms. The van der Waals surface area contributed by atoms with E-state index in [0.717, 1.165) is 12.4 Å². The molecule has 1 rings (SSSR count). The first-order valence-electron chi connectivity index (χ1n) is 5.30. The van der Waals surface area contributed by atoms with Gasteiger partial charge in [0, 0.05) is 18.9 Å². The van der Waals surface area contributed by atoms with Crippen molar-refractivity contribution in [3.63, 3.8) is 0 Å². The number of rotatable bonds is 4. The summed E-state index contributed by atoms with van der Waals surface area (Å²) in [6, 6.07) is 0. The second kappa shape index (κ2) is 4.13. The van der Waals surface area contributed by atoms with Crippen LogP contribution in [0.15, 0.2) is 12.4 Å². The van der Waals surface area contributed by atoms with Gasteiger partial charge in [-0.25, -0.2) is 4.98 Å². The molecule has 0 aromatic carbocycles. The van der Waals surface area contributed by atoms with E-state index in [1.165, 1.54) is 0 Å². The largest absolute Gasteiger partial charge is 0.382 e. The SMILES string of the molecule is CCn1ccnc1C(O)(CC)C(C)C. The molecular formula is C11H20N2O. The van der Waals surface area contributed by atoms with E-state index in [0.29, 0.717) is 6.42 Å². The molecule has 0 aliphatic rings. The number of imidazole rings is 1. The zero-order chi connectivity index (χ0) is 10.8. The highest BCUT2D eigenvalue weighted by atomic mass is 16.3. The number of aliphatic hydroxyl groups is 1. The average molecular weight is 196 g/mol. The topological polar surface area (TPSA) is 38.0 Å². The third kappa shape index (κ3) is 1.69. The van der Waals surface area contributed by atoms with Gasteiger partial charge in [-0.15, -0.1) is 0 Å². The fourth-order valence-corrected chi connectivity index (χ4v) is 1.77. The molecule has 0 amide bonds. The molecule has 14 heavy (non-hydrogen) atoms. The van der Waals surface area contributed by atoms with Gasteiger partial charge in [0.1, 0.15) is 11.4 Å². The summed E-state index contributed by atoms with van der Waals surface area (Å²) in [5.41, 5.74) is -0.792. The lowest BCUT2D eigenvalue weighted by molar-refractivity contribution is -0.0252. The Labute approximate surface area is 85.8 Å². The Balaban J connectivity index is 3.11. The van der Waals surface area contributed by atoms with Crippen molar-refractivity contribution >= 4 is 0 Å². The van der Waals surface area contributed by atoms with Crippen molar-refractivity contribution in [2.75, 3.05) is 0 Å². The van der Waals surface area contributed by atoms with Crippen molar-refractivity contribution in [1.82, 2.24) is 9.55 Å². The third-order valence-electron chi connectivity index (χ3n) is 2.94. The Morgan fingerprint density at radius 2 is 2.14 bits per heavy atom. The van der Waals surface area contributed by atoms with Crippen LogP contribution >= 0.6 is 0 Å². The van der Waals surface area contributed by atoms with Crippen molar-refractivity contribution in [2.45, 2.75) is 46.3 Å². The van der Waals surface area contributed by atoms with Gasteiger partial charge in [-0.2, -0.15) is 0 Å². The lowest BCUT2D eigenvalue weighted by atomic mass is 9.87. The van der Waals surface area contributed by atoms with E-state index in [1.54, 1.807) is 6.20 Å². The van der Waals surface area contributed by atoms with Crippen molar-refractivity contribution in [3.8, 4) is 0 Å². The van der Waals surface area contributed by atoms with E-state index in [4.69, 9.17) is 0 Å². The minimum atomic E-state index is -0.792. The Morgan fingerprint density at radius 3 is 2.57 bits per heavy atom. The van der Waals surface area contributed by atoms with Crippen LogP contribution in [-0.2, 0) is 12.1 Å². The summed E-state index contributed by atoms with van der Waals surface area (Å²) in [7, 11) is 0. The van der Waals surface area contributed by atoms with Crippen LogP contribution in [0.3, 0.4) is 0 Å². The van der Waals surface area contributed by atoms with Crippen molar-refractivity contribution in [3.05, 3.63) is 18.2 Å². The lowest BCUT2D eigenvalue weighted by Gasteiger charge is -2.30. The summed E-state index contributed by atoms with van der Waals surface area (Å²) in [6.07, 6.45) is 4.36. The maximum atomic E-state index is 10.5. The van der Waals surface area contributed by atoms with E-state index in [1.807, 2.05) is 31.5 Å². The molecule has 0 spiro atoms. The molecule has 1 unspecified atom stereocenters. The molecule has 0 saturated carbocycles. The smallest absolute Gasteiger partial charge is 0.141 e. The van der Waals surface area contributed by atoms with Gasteiger partial charge < -0.3 is 9.67 Å². The summed E-state index contributed by atoms with van der Waals surface area (Å²) in [4.78, 5) is 4.26. The van der Waals surface area contributed by atoms with Crippen molar-refractivity contribution < 1.29 is 5.11 Å². The van der Waals surface area contributed by atoms with Gasteiger partial charge in [0.2, 0.25) is 0 Å². The van der Waals surface area contributed by atoms with Gasteiger partial charge in [-0.05, 0) is 19.3 Å². The molecule has 80 valence electrons. The first kappa shape index (κ1) is 11.2. The summed E-state index contributed by atoms with van der Waals surface area (Å²) in [6.45, 7) is 8.96. The highest BCUT2D eigenvalue weighted by Gasteiger charge is 2.34. The van der Waals surface area contributed by atoms with E-state index in [9.17, 15) is 5.11 Å². The van der Waals surface area contributed by atoms with Gasteiger partial charge >= 0.3 is 0 Å². The zero-order valence-corrected chi connectivity index (χ0v) is 9.49. The predicted octanol–water partition coefficient (Wildman–Crippen LogP) is 2.16. The number of hydrogen-bond acceptors (Lipinski definition) is 2. The molecule has 0 fully saturated rings. The first-order chi connectivity index (χ1) is 6.56. The number of aromatic nitrogens is 2. The van der Waals surface area contributed by atoms with Gasteiger partial charge in [0.25, 0.3) is 0 Å². The molecule has 1 N–H and O–H groups in total. The minimum absolute atomic E-state index is 0.181. The second-order valence-electron chi connectivity index (χ2n) is 3.97. The molecule has 3 nitrogen and oxygen atoms in total. The van der Waals surface area contributed by atoms with Crippen LogP contribution in [0.5, 0.6) is 0 Å². The Hall–Kier alpha value is -0.830. The molecule has 1 heterocycles. The van der Waals surface area contributed by atoms with Crippen LogP contribution in [0.2, 0.25) is 0 Å². The van der Waals surface area contributed by atoms with Crippen LogP contribution in [0, 0.1) is 5.92 Å². The first-order valence-corrected chi connectivity index (χ1v) is 5.30.